The molecule has 6 nitrogen and oxygen atoms in total. The minimum atomic E-state index is -1.08. The van der Waals surface area contributed by atoms with E-state index in [0.29, 0.717) is 16.3 Å². The van der Waals surface area contributed by atoms with Crippen molar-refractivity contribution in [3.8, 4) is 0 Å². The van der Waals surface area contributed by atoms with Crippen molar-refractivity contribution in [2.75, 3.05) is 4.90 Å². The number of hydrazone groups is 1. The molecule has 40 heavy (non-hydrogen) atoms. The standard InChI is InChI=1S/C32H21BrClN3O3/c33-19-9-7-8-18(16-19)29(38)36-35-17-32-22-12-3-1-10-20(22)26(21-11-2-4-13-23(21)32)27-28(32)31(40)37(30(27)39)25-15-6-5-14-24(25)34/h1-17,26-28H,(H,36,38)/b35-17-/t26?,27-,28+,32?/m0/s1. The molecule has 0 spiro atoms. The minimum Gasteiger partial charge on any atom is -0.274 e. The summed E-state index contributed by atoms with van der Waals surface area (Å²) in [5.74, 6) is -2.72. The van der Waals surface area contributed by atoms with Crippen LogP contribution in [0.5, 0.6) is 0 Å². The summed E-state index contributed by atoms with van der Waals surface area (Å²) >= 11 is 9.89. The van der Waals surface area contributed by atoms with Gasteiger partial charge in [-0.15, -0.1) is 0 Å². The zero-order chi connectivity index (χ0) is 27.6. The van der Waals surface area contributed by atoms with Crippen molar-refractivity contribution in [1.29, 1.82) is 0 Å². The monoisotopic (exact) mass is 609 g/mol. The van der Waals surface area contributed by atoms with Gasteiger partial charge in [0.2, 0.25) is 11.8 Å². The smallest absolute Gasteiger partial charge is 0.271 e. The Morgan fingerprint density at radius 1 is 0.875 bits per heavy atom. The van der Waals surface area contributed by atoms with E-state index in [1.165, 1.54) is 4.90 Å². The predicted octanol–water partition coefficient (Wildman–Crippen LogP) is 6.07. The fraction of sp³-hybridized carbons (Fsp3) is 0.125. The van der Waals surface area contributed by atoms with E-state index in [0.717, 1.165) is 26.7 Å². The molecule has 1 N–H and O–H groups in total. The fourth-order valence-corrected chi connectivity index (χ4v) is 7.43. The number of para-hydroxylation sites is 1. The molecule has 0 aromatic heterocycles. The van der Waals surface area contributed by atoms with Gasteiger partial charge in [-0.1, -0.05) is 94.3 Å². The highest BCUT2D eigenvalue weighted by atomic mass is 79.9. The number of anilines is 1. The van der Waals surface area contributed by atoms with Gasteiger partial charge in [0.1, 0.15) is 0 Å². The van der Waals surface area contributed by atoms with Crippen molar-refractivity contribution in [3.05, 3.63) is 134 Å². The molecule has 4 aromatic carbocycles. The summed E-state index contributed by atoms with van der Waals surface area (Å²) in [7, 11) is 0. The van der Waals surface area contributed by atoms with Crippen LogP contribution in [0.4, 0.5) is 5.69 Å². The molecule has 3 amide bonds. The number of carbonyl (C=O) groups excluding carboxylic acids is 3. The summed E-state index contributed by atoms with van der Waals surface area (Å²) in [6, 6.07) is 29.7. The lowest BCUT2D eigenvalue weighted by atomic mass is 9.47. The van der Waals surface area contributed by atoms with Crippen molar-refractivity contribution in [2.24, 2.45) is 16.9 Å². The van der Waals surface area contributed by atoms with Crippen LogP contribution in [-0.4, -0.2) is 23.9 Å². The number of nitrogens with zero attached hydrogens (tertiary/aromatic N) is 2. The van der Waals surface area contributed by atoms with Gasteiger partial charge in [-0.25, -0.2) is 10.3 Å². The van der Waals surface area contributed by atoms with Crippen molar-refractivity contribution >= 4 is 57.2 Å². The number of amides is 3. The van der Waals surface area contributed by atoms with Gasteiger partial charge in [0.05, 0.1) is 28.0 Å². The molecule has 1 aliphatic heterocycles. The van der Waals surface area contributed by atoms with E-state index in [1.54, 1.807) is 48.7 Å². The van der Waals surface area contributed by atoms with Crippen LogP contribution < -0.4 is 10.3 Å². The Morgan fingerprint density at radius 2 is 1.52 bits per heavy atom. The quantitative estimate of drug-likeness (QED) is 0.173. The number of hydrogen-bond donors (Lipinski definition) is 1. The second-order valence-corrected chi connectivity index (χ2v) is 11.5. The van der Waals surface area contributed by atoms with E-state index >= 15 is 0 Å². The Kier molecular flexibility index (Phi) is 5.77. The maximum Gasteiger partial charge on any atom is 0.271 e. The number of halogens is 2. The average molecular weight is 611 g/mol. The Bertz CT molecular complexity index is 1720. The minimum absolute atomic E-state index is 0.284. The van der Waals surface area contributed by atoms with Crippen LogP contribution in [0.25, 0.3) is 0 Å². The highest BCUT2D eigenvalue weighted by molar-refractivity contribution is 9.10. The van der Waals surface area contributed by atoms with Crippen LogP contribution in [0, 0.1) is 11.8 Å². The van der Waals surface area contributed by atoms with Gasteiger partial charge < -0.3 is 0 Å². The van der Waals surface area contributed by atoms with E-state index in [2.05, 4.69) is 26.5 Å². The number of imide groups is 1. The third-order valence-corrected chi connectivity index (χ3v) is 9.11. The second-order valence-electron chi connectivity index (χ2n) is 10.2. The molecule has 0 unspecified atom stereocenters. The van der Waals surface area contributed by atoms with Crippen LogP contribution >= 0.6 is 27.5 Å². The third kappa shape index (κ3) is 3.41. The summed E-state index contributed by atoms with van der Waals surface area (Å²) in [5, 5.41) is 4.78. The van der Waals surface area contributed by atoms with Crippen molar-refractivity contribution in [1.82, 2.24) is 5.43 Å². The highest BCUT2D eigenvalue weighted by Crippen LogP contribution is 2.63. The second kappa shape index (κ2) is 9.25. The molecule has 196 valence electrons. The number of carbonyl (C=O) groups is 3. The van der Waals surface area contributed by atoms with Crippen molar-refractivity contribution in [2.45, 2.75) is 11.3 Å². The maximum absolute atomic E-state index is 14.4. The lowest BCUT2D eigenvalue weighted by Gasteiger charge is -2.52. The molecule has 4 aliphatic rings. The molecule has 1 fully saturated rings. The first-order valence-corrected chi connectivity index (χ1v) is 14.0. The van der Waals surface area contributed by atoms with E-state index in [9.17, 15) is 14.4 Å². The average Bonchev–Trinajstić information content (AvgIpc) is 3.24. The summed E-state index contributed by atoms with van der Waals surface area (Å²) in [4.78, 5) is 42.7. The normalized spacial score (nSPS) is 24.1. The van der Waals surface area contributed by atoms with Gasteiger partial charge in [-0.2, -0.15) is 5.10 Å². The lowest BCUT2D eigenvalue weighted by Crippen LogP contribution is -2.54. The summed E-state index contributed by atoms with van der Waals surface area (Å²) < 4.78 is 0.772. The Balaban J connectivity index is 1.41. The molecule has 8 heteroatoms. The Hall–Kier alpha value is -4.07. The van der Waals surface area contributed by atoms with Gasteiger partial charge in [0.15, 0.2) is 0 Å². The molecule has 1 saturated heterocycles. The lowest BCUT2D eigenvalue weighted by molar-refractivity contribution is -0.122. The van der Waals surface area contributed by atoms with E-state index in [-0.39, 0.29) is 23.6 Å². The fourth-order valence-electron chi connectivity index (χ4n) is 6.81. The molecule has 4 aromatic rings. The van der Waals surface area contributed by atoms with Gasteiger partial charge in [-0.05, 0) is 52.6 Å². The first-order valence-electron chi connectivity index (χ1n) is 12.8. The van der Waals surface area contributed by atoms with Crippen LogP contribution in [-0.2, 0) is 15.0 Å². The molecular weight excluding hydrogens is 590 g/mol. The Labute approximate surface area is 243 Å². The first-order chi connectivity index (χ1) is 19.4. The number of rotatable bonds is 4. The molecule has 8 rings (SSSR count). The molecule has 1 heterocycles. The molecule has 0 saturated carbocycles. The van der Waals surface area contributed by atoms with E-state index in [4.69, 9.17) is 11.6 Å². The van der Waals surface area contributed by atoms with Gasteiger partial charge in [0.25, 0.3) is 5.91 Å². The highest BCUT2D eigenvalue weighted by Gasteiger charge is 2.68. The summed E-state index contributed by atoms with van der Waals surface area (Å²) in [5.41, 5.74) is 6.15. The maximum atomic E-state index is 14.4. The van der Waals surface area contributed by atoms with Gasteiger partial charge in [0, 0.05) is 22.2 Å². The number of nitrogens with one attached hydrogen (secondary N) is 1. The predicted molar refractivity (Wildman–Crippen MR) is 157 cm³/mol. The largest absolute Gasteiger partial charge is 0.274 e. The zero-order valence-electron chi connectivity index (χ0n) is 20.9. The number of hydrogen-bond acceptors (Lipinski definition) is 4. The van der Waals surface area contributed by atoms with Gasteiger partial charge >= 0.3 is 0 Å². The molecule has 0 radical (unpaired) electrons. The molecular formula is C32H21BrClN3O3. The van der Waals surface area contributed by atoms with Crippen LogP contribution in [0.3, 0.4) is 0 Å². The van der Waals surface area contributed by atoms with Crippen LogP contribution in [0.15, 0.2) is 107 Å². The first kappa shape index (κ1) is 24.9. The van der Waals surface area contributed by atoms with Gasteiger partial charge in [-0.3, -0.25) is 14.4 Å². The van der Waals surface area contributed by atoms with E-state index in [1.807, 2.05) is 54.6 Å². The SMILES string of the molecule is O=C(N/N=C\C12c3ccccc3C(c3ccccc31)[C@@H]1C(=O)N(c3ccccc3Cl)C(=O)[C@@H]12)c1cccc(Br)c1. The van der Waals surface area contributed by atoms with Crippen LogP contribution in [0.2, 0.25) is 5.02 Å². The molecule has 2 bridgehead atoms. The van der Waals surface area contributed by atoms with Crippen LogP contribution in [0.1, 0.15) is 38.5 Å². The Morgan fingerprint density at radius 3 is 2.20 bits per heavy atom. The number of benzene rings is 4. The third-order valence-electron chi connectivity index (χ3n) is 8.30. The van der Waals surface area contributed by atoms with Crippen molar-refractivity contribution < 1.29 is 14.4 Å². The molecule has 2 atom stereocenters. The zero-order valence-corrected chi connectivity index (χ0v) is 23.3. The summed E-state index contributed by atoms with van der Waals surface area (Å²) in [6.07, 6.45) is 1.65. The van der Waals surface area contributed by atoms with E-state index < -0.39 is 17.3 Å². The van der Waals surface area contributed by atoms with Crippen molar-refractivity contribution in [3.63, 3.8) is 0 Å². The topological polar surface area (TPSA) is 78.8 Å². The molecule has 3 aliphatic carbocycles. The summed E-state index contributed by atoms with van der Waals surface area (Å²) in [6.45, 7) is 0.